The van der Waals surface area contributed by atoms with Crippen LogP contribution in [0.25, 0.3) is 0 Å². The molecule has 0 radical (unpaired) electrons. The molecule has 0 saturated carbocycles. The lowest BCUT2D eigenvalue weighted by molar-refractivity contribution is 0.472. The Bertz CT molecular complexity index is 1080. The van der Waals surface area contributed by atoms with E-state index >= 15 is 0 Å². The highest BCUT2D eigenvalue weighted by Crippen LogP contribution is 2.17. The van der Waals surface area contributed by atoms with Crippen LogP contribution in [0, 0.1) is 0 Å². The van der Waals surface area contributed by atoms with Crippen molar-refractivity contribution in [3.63, 3.8) is 0 Å². The lowest BCUT2D eigenvalue weighted by Crippen LogP contribution is -2.15. The molecule has 0 amide bonds. The van der Waals surface area contributed by atoms with Crippen LogP contribution >= 0.6 is 0 Å². The number of rotatable bonds is 7. The van der Waals surface area contributed by atoms with Crippen molar-refractivity contribution in [2.75, 3.05) is 4.72 Å². The number of para-hydroxylation sites is 1. The summed E-state index contributed by atoms with van der Waals surface area (Å²) in [6.07, 6.45) is 0. The van der Waals surface area contributed by atoms with E-state index in [4.69, 9.17) is 4.42 Å². The summed E-state index contributed by atoms with van der Waals surface area (Å²) in [6, 6.07) is 16.2. The first-order chi connectivity index (χ1) is 12.3. The minimum Gasteiger partial charge on any atom is -0.423 e. The van der Waals surface area contributed by atoms with Gasteiger partial charge in [0.25, 0.3) is 0 Å². The van der Waals surface area contributed by atoms with Crippen molar-refractivity contribution in [3.05, 3.63) is 72.4 Å². The van der Waals surface area contributed by atoms with Gasteiger partial charge in [-0.2, -0.15) is 0 Å². The van der Waals surface area contributed by atoms with E-state index in [1.807, 2.05) is 0 Å². The van der Waals surface area contributed by atoms with Crippen LogP contribution in [0.5, 0.6) is 0 Å². The van der Waals surface area contributed by atoms with E-state index < -0.39 is 31.4 Å². The van der Waals surface area contributed by atoms with E-state index in [1.54, 1.807) is 48.5 Å². The third kappa shape index (κ3) is 4.67. The molecule has 8 nitrogen and oxygen atoms in total. The number of benzene rings is 2. The second-order valence-electron chi connectivity index (χ2n) is 5.39. The molecule has 3 aromatic rings. The normalized spacial score (nSPS) is 12.0. The molecule has 0 atom stereocenters. The summed E-state index contributed by atoms with van der Waals surface area (Å²) in [5.74, 6) is -1.42. The second kappa shape index (κ2) is 7.26. The molecule has 2 aromatic carbocycles. The van der Waals surface area contributed by atoms with E-state index in [9.17, 15) is 16.8 Å². The summed E-state index contributed by atoms with van der Waals surface area (Å²) in [5, 5.41) is 7.25. The van der Waals surface area contributed by atoms with Gasteiger partial charge < -0.3 is 4.42 Å². The Labute approximate surface area is 150 Å². The van der Waals surface area contributed by atoms with Crippen LogP contribution in [0.2, 0.25) is 0 Å². The molecule has 1 N–H and O–H groups in total. The Morgan fingerprint density at radius 3 is 1.92 bits per heavy atom. The molecule has 3 rings (SSSR count). The molecule has 0 saturated heterocycles. The van der Waals surface area contributed by atoms with E-state index in [0.29, 0.717) is 5.69 Å². The lowest BCUT2D eigenvalue weighted by Gasteiger charge is -2.05. The van der Waals surface area contributed by atoms with Gasteiger partial charge in [0.15, 0.2) is 9.84 Å². The van der Waals surface area contributed by atoms with Gasteiger partial charge in [-0.15, -0.1) is 10.2 Å². The van der Waals surface area contributed by atoms with E-state index in [2.05, 4.69) is 14.9 Å². The van der Waals surface area contributed by atoms with E-state index in [-0.39, 0.29) is 16.7 Å². The highest BCUT2D eigenvalue weighted by Gasteiger charge is 2.21. The lowest BCUT2D eigenvalue weighted by atomic mass is 10.3. The van der Waals surface area contributed by atoms with Gasteiger partial charge in [0.05, 0.1) is 4.90 Å². The standard InChI is InChI=1S/C16H15N3O5S2/c20-25(21,14-9-5-2-6-10-14)11-15-17-18-16(24-15)12-26(22,23)19-13-7-3-1-4-8-13/h1-10,19H,11-12H2. The van der Waals surface area contributed by atoms with Crippen LogP contribution in [0.4, 0.5) is 5.69 Å². The molecule has 1 aromatic heterocycles. The van der Waals surface area contributed by atoms with Crippen molar-refractivity contribution in [2.45, 2.75) is 16.4 Å². The maximum atomic E-state index is 12.3. The number of sulfonamides is 1. The molecule has 1 heterocycles. The maximum absolute atomic E-state index is 12.3. The zero-order chi connectivity index (χ0) is 18.6. The summed E-state index contributed by atoms with van der Waals surface area (Å²) >= 11 is 0. The van der Waals surface area contributed by atoms with Gasteiger partial charge in [-0.3, -0.25) is 4.72 Å². The smallest absolute Gasteiger partial charge is 0.241 e. The van der Waals surface area contributed by atoms with Crippen molar-refractivity contribution in [2.24, 2.45) is 0 Å². The average Bonchev–Trinajstić information content (AvgIpc) is 3.01. The largest absolute Gasteiger partial charge is 0.423 e. The summed E-state index contributed by atoms with van der Waals surface area (Å²) in [4.78, 5) is 0.123. The monoisotopic (exact) mass is 393 g/mol. The van der Waals surface area contributed by atoms with E-state index in [0.717, 1.165) is 0 Å². The molecule has 0 fully saturated rings. The van der Waals surface area contributed by atoms with Gasteiger partial charge in [-0.1, -0.05) is 36.4 Å². The minimum atomic E-state index is -3.77. The molecule has 26 heavy (non-hydrogen) atoms. The predicted octanol–water partition coefficient (Wildman–Crippen LogP) is 1.99. The first-order valence-electron chi connectivity index (χ1n) is 7.49. The van der Waals surface area contributed by atoms with Gasteiger partial charge in [-0.25, -0.2) is 16.8 Å². The molecule has 0 spiro atoms. The van der Waals surface area contributed by atoms with Crippen LogP contribution in [0.1, 0.15) is 11.8 Å². The Morgan fingerprint density at radius 1 is 0.769 bits per heavy atom. The van der Waals surface area contributed by atoms with Gasteiger partial charge in [0.2, 0.25) is 21.8 Å². The first kappa shape index (κ1) is 18.1. The highest BCUT2D eigenvalue weighted by atomic mass is 32.2. The average molecular weight is 393 g/mol. The second-order valence-corrected chi connectivity index (χ2v) is 9.10. The fourth-order valence-corrected chi connectivity index (χ4v) is 4.35. The Balaban J connectivity index is 1.70. The van der Waals surface area contributed by atoms with Gasteiger partial charge >= 0.3 is 0 Å². The zero-order valence-electron chi connectivity index (χ0n) is 13.4. The van der Waals surface area contributed by atoms with Gasteiger partial charge in [-0.05, 0) is 24.3 Å². The summed E-state index contributed by atoms with van der Waals surface area (Å²) in [6.45, 7) is 0. The van der Waals surface area contributed by atoms with Gasteiger partial charge in [0.1, 0.15) is 11.5 Å². The van der Waals surface area contributed by atoms with Crippen LogP contribution in [-0.4, -0.2) is 27.0 Å². The third-order valence-electron chi connectivity index (χ3n) is 3.29. The molecular weight excluding hydrogens is 378 g/mol. The molecule has 0 aliphatic rings. The predicted molar refractivity (Wildman–Crippen MR) is 94.3 cm³/mol. The summed E-state index contributed by atoms with van der Waals surface area (Å²) in [5.41, 5.74) is 0.402. The Kier molecular flexibility index (Phi) is 5.05. The number of nitrogens with one attached hydrogen (secondary N) is 1. The molecular formula is C16H15N3O5S2. The maximum Gasteiger partial charge on any atom is 0.241 e. The highest BCUT2D eigenvalue weighted by molar-refractivity contribution is 7.92. The van der Waals surface area contributed by atoms with Crippen LogP contribution in [0.3, 0.4) is 0 Å². The SMILES string of the molecule is O=S(=O)(Cc1nnc(CS(=O)(=O)c2ccccc2)o1)Nc1ccccc1. The Morgan fingerprint density at radius 2 is 1.31 bits per heavy atom. The number of nitrogens with zero attached hydrogens (tertiary/aromatic N) is 2. The molecule has 10 heteroatoms. The fraction of sp³-hybridized carbons (Fsp3) is 0.125. The molecule has 0 aliphatic heterocycles. The first-order valence-corrected chi connectivity index (χ1v) is 10.8. The number of sulfone groups is 1. The van der Waals surface area contributed by atoms with Crippen molar-refractivity contribution in [1.29, 1.82) is 0 Å². The van der Waals surface area contributed by atoms with Crippen molar-refractivity contribution < 1.29 is 21.3 Å². The molecule has 0 aliphatic carbocycles. The number of aromatic nitrogens is 2. The zero-order valence-corrected chi connectivity index (χ0v) is 15.1. The number of anilines is 1. The summed E-state index contributed by atoms with van der Waals surface area (Å²) < 4.78 is 56.4. The summed E-state index contributed by atoms with van der Waals surface area (Å²) in [7, 11) is -7.42. The fourth-order valence-electron chi connectivity index (χ4n) is 2.16. The van der Waals surface area contributed by atoms with Crippen LogP contribution in [0.15, 0.2) is 70.0 Å². The van der Waals surface area contributed by atoms with Crippen molar-refractivity contribution >= 4 is 25.5 Å². The number of hydrogen-bond acceptors (Lipinski definition) is 7. The quantitative estimate of drug-likeness (QED) is 0.652. The molecule has 0 unspecified atom stereocenters. The van der Waals surface area contributed by atoms with Crippen LogP contribution in [-0.2, 0) is 31.4 Å². The van der Waals surface area contributed by atoms with Crippen molar-refractivity contribution in [3.8, 4) is 0 Å². The Hall–Kier alpha value is -2.72. The molecule has 136 valence electrons. The van der Waals surface area contributed by atoms with Crippen LogP contribution < -0.4 is 4.72 Å². The third-order valence-corrected chi connectivity index (χ3v) is 6.08. The topological polar surface area (TPSA) is 119 Å². The minimum absolute atomic E-state index is 0.123. The van der Waals surface area contributed by atoms with Gasteiger partial charge in [0, 0.05) is 5.69 Å². The number of hydrogen-bond donors (Lipinski definition) is 1. The van der Waals surface area contributed by atoms with Crippen molar-refractivity contribution in [1.82, 2.24) is 10.2 Å². The van der Waals surface area contributed by atoms with E-state index in [1.165, 1.54) is 12.1 Å². The molecule has 0 bridgehead atoms.